The van der Waals surface area contributed by atoms with Gasteiger partial charge in [0.05, 0.1) is 6.54 Å². The highest BCUT2D eigenvalue weighted by Crippen LogP contribution is 2.20. The number of likely N-dealkylation sites (tertiary alicyclic amines) is 1. The summed E-state index contributed by atoms with van der Waals surface area (Å²) in [5, 5.41) is 0. The third kappa shape index (κ3) is 2.85. The fourth-order valence-electron chi connectivity index (χ4n) is 1.52. The first kappa shape index (κ1) is 12.8. The Balaban J connectivity index is 2.60. The molecule has 0 aromatic rings. The first-order valence-corrected chi connectivity index (χ1v) is 5.21. The highest BCUT2D eigenvalue weighted by molar-refractivity contribution is 5.86. The number of hydrogen-bond acceptors (Lipinski definition) is 4. The Hall–Kier alpha value is -1.30. The van der Waals surface area contributed by atoms with Crippen LogP contribution in [-0.2, 0) is 9.53 Å². The molecule has 0 bridgehead atoms. The smallest absolute Gasteiger partial charge is 0.410 e. The third-order valence-corrected chi connectivity index (χ3v) is 2.44. The number of carbonyl (C=O) groups is 2. The zero-order valence-electron chi connectivity index (χ0n) is 9.95. The van der Waals surface area contributed by atoms with E-state index >= 15 is 0 Å². The molecule has 92 valence electrons. The predicted molar refractivity (Wildman–Crippen MR) is 58.5 cm³/mol. The molecule has 1 aliphatic rings. The van der Waals surface area contributed by atoms with Crippen LogP contribution in [0.1, 0.15) is 27.2 Å². The number of nitrogens with zero attached hydrogens (tertiary/aromatic N) is 1. The SMILES string of the molecule is CC(C)(C)OC(=O)N1CC[C@](N)(C(N)=O)C1. The van der Waals surface area contributed by atoms with E-state index in [0.717, 1.165) is 0 Å². The molecule has 6 heteroatoms. The molecule has 1 heterocycles. The minimum Gasteiger partial charge on any atom is -0.444 e. The first-order chi connectivity index (χ1) is 7.14. The van der Waals surface area contributed by atoms with Gasteiger partial charge in [0.25, 0.3) is 0 Å². The summed E-state index contributed by atoms with van der Waals surface area (Å²) in [6, 6.07) is 0. The fraction of sp³-hybridized carbons (Fsp3) is 0.800. The average Bonchev–Trinajstić information content (AvgIpc) is 2.46. The molecule has 1 aliphatic heterocycles. The van der Waals surface area contributed by atoms with E-state index in [2.05, 4.69) is 0 Å². The van der Waals surface area contributed by atoms with E-state index in [4.69, 9.17) is 16.2 Å². The molecule has 6 nitrogen and oxygen atoms in total. The second-order valence-corrected chi connectivity index (χ2v) is 5.17. The van der Waals surface area contributed by atoms with E-state index in [-0.39, 0.29) is 6.54 Å². The van der Waals surface area contributed by atoms with Crippen LogP contribution in [-0.4, -0.2) is 41.1 Å². The normalized spacial score (nSPS) is 25.6. The Labute approximate surface area is 94.9 Å². The minimum absolute atomic E-state index is 0.122. The summed E-state index contributed by atoms with van der Waals surface area (Å²) in [6.07, 6.45) is -0.0808. The second kappa shape index (κ2) is 3.93. The van der Waals surface area contributed by atoms with Gasteiger partial charge in [-0.15, -0.1) is 0 Å². The molecule has 0 radical (unpaired) electrons. The van der Waals surface area contributed by atoms with E-state index in [1.807, 2.05) is 0 Å². The number of rotatable bonds is 1. The number of primary amides is 1. The molecule has 1 rings (SSSR count). The standard InChI is InChI=1S/C10H19N3O3/c1-9(2,3)16-8(15)13-5-4-10(12,6-13)7(11)14/h4-6,12H2,1-3H3,(H2,11,14)/t10-/m1/s1. The lowest BCUT2D eigenvalue weighted by Gasteiger charge is -2.25. The lowest BCUT2D eigenvalue weighted by molar-refractivity contribution is -0.122. The molecule has 0 aromatic heterocycles. The van der Waals surface area contributed by atoms with Crippen LogP contribution in [0, 0.1) is 0 Å². The molecule has 0 aliphatic carbocycles. The zero-order valence-corrected chi connectivity index (χ0v) is 9.95. The van der Waals surface area contributed by atoms with Gasteiger partial charge in [-0.2, -0.15) is 0 Å². The van der Waals surface area contributed by atoms with Crippen molar-refractivity contribution in [3.05, 3.63) is 0 Å². The number of carbonyl (C=O) groups excluding carboxylic acids is 2. The van der Waals surface area contributed by atoms with Crippen molar-refractivity contribution in [2.45, 2.75) is 38.3 Å². The summed E-state index contributed by atoms with van der Waals surface area (Å²) in [6.45, 7) is 5.87. The van der Waals surface area contributed by atoms with Gasteiger partial charge in [0.2, 0.25) is 5.91 Å². The Morgan fingerprint density at radius 1 is 1.38 bits per heavy atom. The van der Waals surface area contributed by atoms with Crippen LogP contribution >= 0.6 is 0 Å². The highest BCUT2D eigenvalue weighted by atomic mass is 16.6. The molecule has 1 saturated heterocycles. The maximum absolute atomic E-state index is 11.7. The van der Waals surface area contributed by atoms with Gasteiger partial charge in [0, 0.05) is 6.54 Å². The maximum Gasteiger partial charge on any atom is 0.410 e. The van der Waals surface area contributed by atoms with Crippen LogP contribution < -0.4 is 11.5 Å². The van der Waals surface area contributed by atoms with Crippen LogP contribution in [0.2, 0.25) is 0 Å². The Morgan fingerprint density at radius 3 is 2.31 bits per heavy atom. The highest BCUT2D eigenvalue weighted by Gasteiger charge is 2.42. The van der Waals surface area contributed by atoms with Crippen molar-refractivity contribution in [1.29, 1.82) is 0 Å². The van der Waals surface area contributed by atoms with E-state index in [1.165, 1.54) is 4.90 Å². The summed E-state index contributed by atoms with van der Waals surface area (Å²) >= 11 is 0. The quantitative estimate of drug-likeness (QED) is 0.651. The summed E-state index contributed by atoms with van der Waals surface area (Å²) in [4.78, 5) is 24.2. The number of ether oxygens (including phenoxy) is 1. The molecule has 1 atom stereocenters. The fourth-order valence-corrected chi connectivity index (χ4v) is 1.52. The molecule has 0 aromatic carbocycles. The Kier molecular flexibility index (Phi) is 3.14. The molecule has 1 fully saturated rings. The lowest BCUT2D eigenvalue weighted by atomic mass is 10.00. The molecule has 0 saturated carbocycles. The lowest BCUT2D eigenvalue weighted by Crippen LogP contribution is -2.54. The van der Waals surface area contributed by atoms with Crippen LogP contribution in [0.4, 0.5) is 4.79 Å². The van der Waals surface area contributed by atoms with Gasteiger partial charge in [-0.25, -0.2) is 4.79 Å². The molecule has 16 heavy (non-hydrogen) atoms. The average molecular weight is 229 g/mol. The monoisotopic (exact) mass is 229 g/mol. The van der Waals surface area contributed by atoms with Gasteiger partial charge < -0.3 is 21.1 Å². The molecule has 0 spiro atoms. The Morgan fingerprint density at radius 2 is 1.94 bits per heavy atom. The van der Waals surface area contributed by atoms with Crippen molar-refractivity contribution in [2.75, 3.05) is 13.1 Å². The summed E-state index contributed by atoms with van der Waals surface area (Å²) in [5.74, 6) is -0.585. The van der Waals surface area contributed by atoms with E-state index in [9.17, 15) is 9.59 Å². The van der Waals surface area contributed by atoms with Crippen molar-refractivity contribution in [1.82, 2.24) is 4.90 Å². The molecular weight excluding hydrogens is 210 g/mol. The van der Waals surface area contributed by atoms with Gasteiger partial charge in [0.15, 0.2) is 0 Å². The number of hydrogen-bond donors (Lipinski definition) is 2. The van der Waals surface area contributed by atoms with Crippen LogP contribution in [0.3, 0.4) is 0 Å². The van der Waals surface area contributed by atoms with Gasteiger partial charge in [0.1, 0.15) is 11.1 Å². The van der Waals surface area contributed by atoms with E-state index < -0.39 is 23.1 Å². The molecular formula is C10H19N3O3. The van der Waals surface area contributed by atoms with E-state index in [0.29, 0.717) is 13.0 Å². The van der Waals surface area contributed by atoms with E-state index in [1.54, 1.807) is 20.8 Å². The van der Waals surface area contributed by atoms with Crippen LogP contribution in [0.15, 0.2) is 0 Å². The van der Waals surface area contributed by atoms with Gasteiger partial charge in [-0.3, -0.25) is 4.79 Å². The molecule has 0 unspecified atom stereocenters. The van der Waals surface area contributed by atoms with Crippen molar-refractivity contribution >= 4 is 12.0 Å². The van der Waals surface area contributed by atoms with Crippen molar-refractivity contribution in [3.63, 3.8) is 0 Å². The molecule has 2 amide bonds. The summed E-state index contributed by atoms with van der Waals surface area (Å²) < 4.78 is 5.17. The number of amides is 2. The van der Waals surface area contributed by atoms with Gasteiger partial charge >= 0.3 is 6.09 Å². The van der Waals surface area contributed by atoms with Crippen LogP contribution in [0.25, 0.3) is 0 Å². The zero-order chi connectivity index (χ0) is 12.6. The summed E-state index contributed by atoms with van der Waals surface area (Å²) in [5.41, 5.74) is 9.28. The minimum atomic E-state index is -1.11. The maximum atomic E-state index is 11.7. The van der Waals surface area contributed by atoms with Gasteiger partial charge in [-0.1, -0.05) is 0 Å². The largest absolute Gasteiger partial charge is 0.444 e. The van der Waals surface area contributed by atoms with Crippen molar-refractivity contribution in [2.24, 2.45) is 11.5 Å². The Bertz CT molecular complexity index is 311. The number of nitrogens with two attached hydrogens (primary N) is 2. The van der Waals surface area contributed by atoms with Crippen molar-refractivity contribution in [3.8, 4) is 0 Å². The van der Waals surface area contributed by atoms with Crippen molar-refractivity contribution < 1.29 is 14.3 Å². The topological polar surface area (TPSA) is 98.7 Å². The first-order valence-electron chi connectivity index (χ1n) is 5.21. The molecule has 4 N–H and O–H groups in total. The van der Waals surface area contributed by atoms with Crippen LogP contribution in [0.5, 0.6) is 0 Å². The van der Waals surface area contributed by atoms with Gasteiger partial charge in [-0.05, 0) is 27.2 Å². The second-order valence-electron chi connectivity index (χ2n) is 5.17. The summed E-state index contributed by atoms with van der Waals surface area (Å²) in [7, 11) is 0. The third-order valence-electron chi connectivity index (χ3n) is 2.44. The predicted octanol–water partition coefficient (Wildman–Crippen LogP) is -0.190.